The second-order valence-corrected chi connectivity index (χ2v) is 5.17. The van der Waals surface area contributed by atoms with Gasteiger partial charge in [-0.3, -0.25) is 9.69 Å². The summed E-state index contributed by atoms with van der Waals surface area (Å²) in [7, 11) is 1.52. The topological polar surface area (TPSA) is 41.6 Å². The number of hydrogen-bond acceptors (Lipinski definition) is 4. The van der Waals surface area contributed by atoms with Crippen LogP contribution in [-0.2, 0) is 9.53 Å². The van der Waals surface area contributed by atoms with Crippen LogP contribution in [0.25, 0.3) is 0 Å². The molecule has 98 valence electrons. The van der Waals surface area contributed by atoms with Crippen molar-refractivity contribution in [1.29, 1.82) is 0 Å². The van der Waals surface area contributed by atoms with E-state index in [2.05, 4.69) is 10.2 Å². The molecule has 1 saturated carbocycles. The number of esters is 1. The Morgan fingerprint density at radius 2 is 1.88 bits per heavy atom. The molecule has 1 saturated heterocycles. The van der Waals surface area contributed by atoms with Gasteiger partial charge in [-0.25, -0.2) is 0 Å². The third-order valence-corrected chi connectivity index (χ3v) is 4.19. The molecule has 0 bridgehead atoms. The van der Waals surface area contributed by atoms with Gasteiger partial charge in [0.05, 0.1) is 7.11 Å². The van der Waals surface area contributed by atoms with Crippen LogP contribution in [0, 0.1) is 0 Å². The summed E-state index contributed by atoms with van der Waals surface area (Å²) >= 11 is 0. The lowest BCUT2D eigenvalue weighted by molar-refractivity contribution is -0.158. The number of rotatable bonds is 2. The lowest BCUT2D eigenvalue weighted by Gasteiger charge is -2.43. The molecule has 1 aliphatic carbocycles. The Labute approximate surface area is 104 Å². The van der Waals surface area contributed by atoms with Crippen molar-refractivity contribution in [3.05, 3.63) is 0 Å². The summed E-state index contributed by atoms with van der Waals surface area (Å²) in [6.07, 6.45) is 6.63. The monoisotopic (exact) mass is 240 g/mol. The number of methoxy groups -OCH3 is 1. The Bertz CT molecular complexity index is 254. The van der Waals surface area contributed by atoms with Gasteiger partial charge in [-0.15, -0.1) is 0 Å². The van der Waals surface area contributed by atoms with Gasteiger partial charge in [0, 0.05) is 19.6 Å². The first kappa shape index (κ1) is 12.8. The highest BCUT2D eigenvalue weighted by Crippen LogP contribution is 2.35. The molecule has 0 aromatic heterocycles. The molecule has 2 rings (SSSR count). The van der Waals surface area contributed by atoms with E-state index in [0.717, 1.165) is 58.3 Å². The van der Waals surface area contributed by atoms with E-state index in [1.165, 1.54) is 13.5 Å². The van der Waals surface area contributed by atoms with Crippen LogP contribution in [0.3, 0.4) is 0 Å². The van der Waals surface area contributed by atoms with Gasteiger partial charge in [-0.2, -0.15) is 0 Å². The molecule has 0 atom stereocenters. The quantitative estimate of drug-likeness (QED) is 0.735. The highest BCUT2D eigenvalue weighted by molar-refractivity contribution is 5.81. The van der Waals surface area contributed by atoms with Crippen LogP contribution in [0.4, 0.5) is 0 Å². The SMILES string of the molecule is COC(=O)C1(N2CCCNCC2)CCCCC1. The molecule has 1 heterocycles. The van der Waals surface area contributed by atoms with Crippen molar-refractivity contribution in [2.24, 2.45) is 0 Å². The van der Waals surface area contributed by atoms with Gasteiger partial charge in [0.15, 0.2) is 0 Å². The molecule has 17 heavy (non-hydrogen) atoms. The molecule has 4 heteroatoms. The average molecular weight is 240 g/mol. The van der Waals surface area contributed by atoms with Crippen molar-refractivity contribution in [1.82, 2.24) is 10.2 Å². The Balaban J connectivity index is 2.15. The molecule has 0 unspecified atom stereocenters. The zero-order valence-electron chi connectivity index (χ0n) is 10.8. The number of nitrogens with one attached hydrogen (secondary N) is 1. The molecule has 0 radical (unpaired) electrons. The van der Waals surface area contributed by atoms with Crippen molar-refractivity contribution < 1.29 is 9.53 Å². The van der Waals surface area contributed by atoms with Crippen LogP contribution < -0.4 is 5.32 Å². The summed E-state index contributed by atoms with van der Waals surface area (Å²) in [5.74, 6) is -0.0147. The van der Waals surface area contributed by atoms with Crippen LogP contribution in [0.15, 0.2) is 0 Å². The van der Waals surface area contributed by atoms with Gasteiger partial charge in [0.2, 0.25) is 0 Å². The van der Waals surface area contributed by atoms with E-state index < -0.39 is 0 Å². The molecule has 1 aliphatic heterocycles. The number of carbonyl (C=O) groups is 1. The Kier molecular flexibility index (Phi) is 4.40. The molecule has 1 N–H and O–H groups in total. The maximum atomic E-state index is 12.2. The lowest BCUT2D eigenvalue weighted by atomic mass is 9.80. The van der Waals surface area contributed by atoms with Crippen LogP contribution in [0.1, 0.15) is 38.5 Å². The third-order valence-electron chi connectivity index (χ3n) is 4.19. The molecule has 0 spiro atoms. The second kappa shape index (κ2) is 5.83. The van der Waals surface area contributed by atoms with E-state index in [9.17, 15) is 4.79 Å². The summed E-state index contributed by atoms with van der Waals surface area (Å²) in [4.78, 5) is 14.6. The van der Waals surface area contributed by atoms with Gasteiger partial charge in [0.25, 0.3) is 0 Å². The largest absolute Gasteiger partial charge is 0.468 e. The lowest BCUT2D eigenvalue weighted by Crippen LogP contribution is -2.57. The molecule has 2 fully saturated rings. The number of ether oxygens (including phenoxy) is 1. The third kappa shape index (κ3) is 2.63. The highest BCUT2D eigenvalue weighted by atomic mass is 16.5. The van der Waals surface area contributed by atoms with Crippen LogP contribution in [-0.4, -0.2) is 49.7 Å². The standard InChI is InChI=1S/C13H24N2O2/c1-17-12(16)13(6-3-2-4-7-13)15-10-5-8-14-9-11-15/h14H,2-11H2,1H3. The van der Waals surface area contributed by atoms with Crippen LogP contribution >= 0.6 is 0 Å². The first-order valence-corrected chi connectivity index (χ1v) is 6.84. The van der Waals surface area contributed by atoms with Crippen LogP contribution in [0.2, 0.25) is 0 Å². The minimum atomic E-state index is -0.320. The van der Waals surface area contributed by atoms with E-state index in [1.54, 1.807) is 0 Å². The van der Waals surface area contributed by atoms with Gasteiger partial charge >= 0.3 is 5.97 Å². The number of carbonyl (C=O) groups excluding carboxylic acids is 1. The minimum absolute atomic E-state index is 0.0147. The summed E-state index contributed by atoms with van der Waals surface area (Å²) < 4.78 is 5.09. The minimum Gasteiger partial charge on any atom is -0.468 e. The molecule has 4 nitrogen and oxygen atoms in total. The van der Waals surface area contributed by atoms with Crippen LogP contribution in [0.5, 0.6) is 0 Å². The predicted octanol–water partition coefficient (Wildman–Crippen LogP) is 1.16. The molecular formula is C13H24N2O2. The molecule has 0 amide bonds. The number of hydrogen-bond donors (Lipinski definition) is 1. The summed E-state index contributed by atoms with van der Waals surface area (Å²) in [6.45, 7) is 4.03. The zero-order valence-corrected chi connectivity index (χ0v) is 10.8. The van der Waals surface area contributed by atoms with Crippen molar-refractivity contribution in [3.63, 3.8) is 0 Å². The molecule has 0 aromatic rings. The summed E-state index contributed by atoms with van der Waals surface area (Å²) in [5.41, 5.74) is -0.320. The second-order valence-electron chi connectivity index (χ2n) is 5.17. The Morgan fingerprint density at radius 3 is 2.59 bits per heavy atom. The highest BCUT2D eigenvalue weighted by Gasteiger charge is 2.45. The number of nitrogens with zero attached hydrogens (tertiary/aromatic N) is 1. The maximum absolute atomic E-state index is 12.2. The maximum Gasteiger partial charge on any atom is 0.326 e. The van der Waals surface area contributed by atoms with E-state index in [-0.39, 0.29) is 11.5 Å². The Morgan fingerprint density at radius 1 is 1.12 bits per heavy atom. The van der Waals surface area contributed by atoms with Crippen molar-refractivity contribution in [3.8, 4) is 0 Å². The first-order valence-electron chi connectivity index (χ1n) is 6.84. The smallest absolute Gasteiger partial charge is 0.326 e. The normalized spacial score (nSPS) is 26.2. The molecule has 2 aliphatic rings. The van der Waals surface area contributed by atoms with Crippen molar-refractivity contribution >= 4 is 5.97 Å². The fraction of sp³-hybridized carbons (Fsp3) is 0.923. The van der Waals surface area contributed by atoms with Crippen molar-refractivity contribution in [2.45, 2.75) is 44.1 Å². The summed E-state index contributed by atoms with van der Waals surface area (Å²) in [6, 6.07) is 0. The first-order chi connectivity index (χ1) is 8.29. The fourth-order valence-electron chi connectivity index (χ4n) is 3.25. The van der Waals surface area contributed by atoms with Gasteiger partial charge in [-0.1, -0.05) is 19.3 Å². The van der Waals surface area contributed by atoms with Gasteiger partial charge < -0.3 is 10.1 Å². The average Bonchev–Trinajstić information content (AvgIpc) is 2.67. The summed E-state index contributed by atoms with van der Waals surface area (Å²) in [5, 5.41) is 3.40. The van der Waals surface area contributed by atoms with E-state index in [0.29, 0.717) is 0 Å². The van der Waals surface area contributed by atoms with E-state index in [1.807, 2.05) is 0 Å². The predicted molar refractivity (Wildman–Crippen MR) is 66.9 cm³/mol. The fourth-order valence-corrected chi connectivity index (χ4v) is 3.25. The molecular weight excluding hydrogens is 216 g/mol. The van der Waals surface area contributed by atoms with Crippen molar-refractivity contribution in [2.75, 3.05) is 33.3 Å². The zero-order chi connectivity index (χ0) is 12.1. The molecule has 0 aromatic carbocycles. The van der Waals surface area contributed by atoms with E-state index >= 15 is 0 Å². The van der Waals surface area contributed by atoms with E-state index in [4.69, 9.17) is 4.74 Å². The van der Waals surface area contributed by atoms with Gasteiger partial charge in [0.1, 0.15) is 5.54 Å². The Hall–Kier alpha value is -0.610. The van der Waals surface area contributed by atoms with Gasteiger partial charge in [-0.05, 0) is 25.8 Å².